The fourth-order valence-corrected chi connectivity index (χ4v) is 3.91. The largest absolute Gasteiger partial charge is 0.494 e. The fraction of sp³-hybridized carbons (Fsp3) is 0.448. The van der Waals surface area contributed by atoms with E-state index in [1.54, 1.807) is 0 Å². The molecule has 0 fully saturated rings. The maximum atomic E-state index is 5.89. The van der Waals surface area contributed by atoms with Crippen molar-refractivity contribution in [1.82, 2.24) is 9.97 Å². The Morgan fingerprint density at radius 2 is 1.25 bits per heavy atom. The molecule has 0 unspecified atom stereocenters. The number of unbranched alkanes of at least 4 members (excludes halogenated alkanes) is 7. The smallest absolute Gasteiger partial charge is 0.159 e. The summed E-state index contributed by atoms with van der Waals surface area (Å²) in [6.07, 6.45) is 17.8. The first-order valence-electron chi connectivity index (χ1n) is 12.4. The molecule has 0 bridgehead atoms. The van der Waals surface area contributed by atoms with E-state index in [-0.39, 0.29) is 0 Å². The minimum absolute atomic E-state index is 0.720. The highest BCUT2D eigenvalue weighted by Crippen LogP contribution is 2.20. The summed E-state index contributed by atoms with van der Waals surface area (Å²) in [5.74, 6) is 1.67. The van der Waals surface area contributed by atoms with Crippen LogP contribution in [0.25, 0.3) is 11.4 Å². The van der Waals surface area contributed by atoms with Gasteiger partial charge in [-0.1, -0.05) is 82.2 Å². The Balaban J connectivity index is 1.34. The number of benzene rings is 2. The average Bonchev–Trinajstić information content (AvgIpc) is 2.85. The molecule has 0 radical (unpaired) electrons. The Morgan fingerprint density at radius 3 is 1.94 bits per heavy atom. The molecular weight excluding hydrogens is 392 g/mol. The number of hydrogen-bond acceptors (Lipinski definition) is 3. The van der Waals surface area contributed by atoms with Crippen LogP contribution in [-0.2, 0) is 12.8 Å². The second-order valence-electron chi connectivity index (χ2n) is 8.60. The van der Waals surface area contributed by atoms with Crippen molar-refractivity contribution in [2.24, 2.45) is 0 Å². The molecule has 3 nitrogen and oxygen atoms in total. The molecule has 1 heterocycles. The third kappa shape index (κ3) is 8.82. The average molecular weight is 431 g/mol. The van der Waals surface area contributed by atoms with Gasteiger partial charge in [0.2, 0.25) is 0 Å². The van der Waals surface area contributed by atoms with Crippen LogP contribution in [-0.4, -0.2) is 16.6 Å². The number of ether oxygens (including phenoxy) is 1. The van der Waals surface area contributed by atoms with Crippen molar-refractivity contribution < 1.29 is 4.74 Å². The molecule has 0 spiro atoms. The third-order valence-electron chi connectivity index (χ3n) is 5.86. The van der Waals surface area contributed by atoms with Crippen molar-refractivity contribution >= 4 is 0 Å². The van der Waals surface area contributed by atoms with Gasteiger partial charge in [0, 0.05) is 18.0 Å². The maximum Gasteiger partial charge on any atom is 0.159 e. The van der Waals surface area contributed by atoms with Gasteiger partial charge in [0.1, 0.15) is 5.75 Å². The van der Waals surface area contributed by atoms with Crippen LogP contribution < -0.4 is 4.74 Å². The summed E-state index contributed by atoms with van der Waals surface area (Å²) < 4.78 is 5.89. The van der Waals surface area contributed by atoms with Gasteiger partial charge in [0.05, 0.1) is 6.61 Å². The Kier molecular flexibility index (Phi) is 10.8. The Morgan fingerprint density at radius 1 is 0.625 bits per heavy atom. The van der Waals surface area contributed by atoms with Crippen molar-refractivity contribution in [2.45, 2.75) is 77.6 Å². The van der Waals surface area contributed by atoms with Gasteiger partial charge >= 0.3 is 0 Å². The summed E-state index contributed by atoms with van der Waals surface area (Å²) in [6.45, 7) is 2.99. The van der Waals surface area contributed by atoms with E-state index in [0.29, 0.717) is 0 Å². The minimum Gasteiger partial charge on any atom is -0.494 e. The van der Waals surface area contributed by atoms with Gasteiger partial charge in [-0.25, -0.2) is 9.97 Å². The first-order valence-corrected chi connectivity index (χ1v) is 12.4. The molecule has 2 aromatic carbocycles. The van der Waals surface area contributed by atoms with Crippen molar-refractivity contribution in [3.63, 3.8) is 0 Å². The molecule has 0 aliphatic heterocycles. The number of hydrogen-bond donors (Lipinski definition) is 0. The summed E-state index contributed by atoms with van der Waals surface area (Å²) in [5.41, 5.74) is 3.62. The molecule has 0 aliphatic carbocycles. The lowest BCUT2D eigenvalue weighted by molar-refractivity contribution is 0.311. The molecular formula is C29H38N2O. The van der Waals surface area contributed by atoms with Crippen LogP contribution in [0.4, 0.5) is 0 Å². The molecule has 0 saturated carbocycles. The van der Waals surface area contributed by atoms with Gasteiger partial charge in [-0.3, -0.25) is 0 Å². The van der Waals surface area contributed by atoms with Crippen LogP contribution in [0.1, 0.15) is 75.8 Å². The summed E-state index contributed by atoms with van der Waals surface area (Å²) in [5, 5.41) is 0. The molecule has 0 saturated heterocycles. The first-order chi connectivity index (χ1) is 15.8. The summed E-state index contributed by atoms with van der Waals surface area (Å²) in [7, 11) is 0. The van der Waals surface area contributed by atoms with Crippen LogP contribution in [0, 0.1) is 0 Å². The van der Waals surface area contributed by atoms with E-state index in [9.17, 15) is 0 Å². The Hall–Kier alpha value is -2.68. The highest BCUT2D eigenvalue weighted by atomic mass is 16.5. The zero-order valence-corrected chi connectivity index (χ0v) is 19.6. The maximum absolute atomic E-state index is 5.89. The number of nitrogens with zero attached hydrogens (tertiary/aromatic N) is 2. The quantitative estimate of drug-likeness (QED) is 0.230. The van der Waals surface area contributed by atoms with Crippen molar-refractivity contribution in [2.75, 3.05) is 6.61 Å². The molecule has 3 heteroatoms. The van der Waals surface area contributed by atoms with Crippen LogP contribution in [0.3, 0.4) is 0 Å². The lowest BCUT2D eigenvalue weighted by Gasteiger charge is -2.07. The highest BCUT2D eigenvalue weighted by Gasteiger charge is 2.03. The monoisotopic (exact) mass is 430 g/mol. The summed E-state index contributed by atoms with van der Waals surface area (Å²) in [6, 6.07) is 18.6. The Bertz CT molecular complexity index is 860. The number of aromatic nitrogens is 2. The van der Waals surface area contributed by atoms with E-state index in [0.717, 1.165) is 43.0 Å². The van der Waals surface area contributed by atoms with E-state index >= 15 is 0 Å². The van der Waals surface area contributed by atoms with Crippen molar-refractivity contribution in [3.05, 3.63) is 78.1 Å². The normalized spacial score (nSPS) is 10.9. The van der Waals surface area contributed by atoms with E-state index in [1.165, 1.54) is 62.5 Å². The molecule has 3 aromatic rings. The predicted octanol–water partition coefficient (Wildman–Crippen LogP) is 7.84. The van der Waals surface area contributed by atoms with E-state index in [2.05, 4.69) is 47.2 Å². The van der Waals surface area contributed by atoms with Crippen molar-refractivity contribution in [1.29, 1.82) is 0 Å². The van der Waals surface area contributed by atoms with E-state index in [1.807, 2.05) is 36.7 Å². The lowest BCUT2D eigenvalue weighted by Crippen LogP contribution is -1.99. The van der Waals surface area contributed by atoms with Crippen LogP contribution >= 0.6 is 0 Å². The van der Waals surface area contributed by atoms with Gasteiger partial charge in [0.15, 0.2) is 5.82 Å². The lowest BCUT2D eigenvalue weighted by atomic mass is 10.1. The standard InChI is InChI=1S/C29H38N2O/c1-2-3-4-5-6-7-8-10-16-26-23-30-29(31-24-26)27-18-20-28(21-19-27)32-22-13-17-25-14-11-9-12-15-25/h9,11-12,14-15,18-21,23-24H,2-8,10,13,16-17,22H2,1H3. The topological polar surface area (TPSA) is 35.0 Å². The molecule has 0 N–H and O–H groups in total. The van der Waals surface area contributed by atoms with Crippen molar-refractivity contribution in [3.8, 4) is 17.1 Å². The molecule has 170 valence electrons. The molecule has 1 aromatic heterocycles. The van der Waals surface area contributed by atoms with Gasteiger partial charge in [0.25, 0.3) is 0 Å². The zero-order valence-electron chi connectivity index (χ0n) is 19.6. The molecule has 0 amide bonds. The molecule has 32 heavy (non-hydrogen) atoms. The Labute approximate surface area is 194 Å². The predicted molar refractivity (Wildman–Crippen MR) is 134 cm³/mol. The minimum atomic E-state index is 0.720. The first kappa shape index (κ1) is 24.0. The van der Waals surface area contributed by atoms with Crippen LogP contribution in [0.2, 0.25) is 0 Å². The van der Waals surface area contributed by atoms with E-state index in [4.69, 9.17) is 4.74 Å². The second kappa shape index (κ2) is 14.4. The van der Waals surface area contributed by atoms with Gasteiger partial charge < -0.3 is 4.74 Å². The van der Waals surface area contributed by atoms with Gasteiger partial charge in [-0.05, 0) is 61.1 Å². The molecule has 0 atom stereocenters. The van der Waals surface area contributed by atoms with Crippen LogP contribution in [0.5, 0.6) is 5.75 Å². The summed E-state index contributed by atoms with van der Waals surface area (Å²) >= 11 is 0. The number of rotatable bonds is 15. The van der Waals surface area contributed by atoms with Gasteiger partial charge in [-0.2, -0.15) is 0 Å². The SMILES string of the molecule is CCCCCCCCCCc1cnc(-c2ccc(OCCCc3ccccc3)cc2)nc1. The third-order valence-corrected chi connectivity index (χ3v) is 5.86. The van der Waals surface area contributed by atoms with Crippen LogP contribution in [0.15, 0.2) is 67.0 Å². The van der Waals surface area contributed by atoms with E-state index < -0.39 is 0 Å². The fourth-order valence-electron chi connectivity index (χ4n) is 3.91. The number of aryl methyl sites for hydroxylation is 2. The van der Waals surface area contributed by atoms with Gasteiger partial charge in [-0.15, -0.1) is 0 Å². The highest BCUT2D eigenvalue weighted by molar-refractivity contribution is 5.55. The second-order valence-corrected chi connectivity index (χ2v) is 8.60. The zero-order chi connectivity index (χ0) is 22.3. The molecule has 3 rings (SSSR count). The summed E-state index contributed by atoms with van der Waals surface area (Å²) in [4.78, 5) is 9.17. The molecule has 0 aliphatic rings.